The van der Waals surface area contributed by atoms with Crippen LogP contribution in [0.4, 0.5) is 23.4 Å². The van der Waals surface area contributed by atoms with E-state index in [0.717, 1.165) is 24.2 Å². The van der Waals surface area contributed by atoms with Gasteiger partial charge in [0.25, 0.3) is 5.91 Å². The summed E-state index contributed by atoms with van der Waals surface area (Å²) < 4.78 is 53.4. The number of fused-ring (bicyclic) bond motifs is 1. The lowest BCUT2D eigenvalue weighted by Gasteiger charge is -2.26. The second-order valence-corrected chi connectivity index (χ2v) is 8.21. The largest absolute Gasteiger partial charge is 0.406 e. The number of aromatic nitrogens is 3. The lowest BCUT2D eigenvalue weighted by atomic mass is 10.0. The number of likely N-dealkylation sites (N-methyl/N-ethyl adjacent to an activating group) is 1. The molecule has 0 aliphatic carbocycles. The first-order chi connectivity index (χ1) is 16.5. The number of pyridine rings is 1. The Hall–Kier alpha value is -3.96. The molecule has 1 aliphatic rings. The van der Waals surface area contributed by atoms with Gasteiger partial charge in [-0.05, 0) is 24.1 Å². The zero-order chi connectivity index (χ0) is 25.3. The van der Waals surface area contributed by atoms with Gasteiger partial charge in [-0.15, -0.1) is 0 Å². The highest BCUT2D eigenvalue weighted by molar-refractivity contribution is 5.96. The molecule has 0 unspecified atom stereocenters. The van der Waals surface area contributed by atoms with Gasteiger partial charge in [0, 0.05) is 25.5 Å². The molecule has 0 spiro atoms. The molecule has 12 heteroatoms. The number of carbonyl (C=O) groups excluding carboxylic acids is 2. The van der Waals surface area contributed by atoms with E-state index in [1.165, 1.54) is 15.6 Å². The van der Waals surface area contributed by atoms with Crippen molar-refractivity contribution in [3.05, 3.63) is 59.7 Å². The fourth-order valence-electron chi connectivity index (χ4n) is 3.95. The summed E-state index contributed by atoms with van der Waals surface area (Å²) in [7, 11) is 1.09. The Bertz CT molecular complexity index is 1320. The summed E-state index contributed by atoms with van der Waals surface area (Å²) in [5.74, 6) is -1.96. The van der Waals surface area contributed by atoms with Crippen molar-refractivity contribution in [2.24, 2.45) is 0 Å². The second-order valence-electron chi connectivity index (χ2n) is 8.21. The molecule has 184 valence electrons. The molecule has 3 heterocycles. The van der Waals surface area contributed by atoms with Crippen LogP contribution >= 0.6 is 0 Å². The van der Waals surface area contributed by atoms with E-state index < -0.39 is 30.4 Å². The van der Waals surface area contributed by atoms with E-state index in [2.05, 4.69) is 10.1 Å². The van der Waals surface area contributed by atoms with Crippen molar-refractivity contribution in [2.45, 2.75) is 19.1 Å². The molecular formula is C23H22F4N6O2. The molecule has 3 aromatic rings. The minimum absolute atomic E-state index is 0.0374. The minimum Gasteiger partial charge on any atom is -0.384 e. The van der Waals surface area contributed by atoms with Crippen LogP contribution in [0.2, 0.25) is 0 Å². The van der Waals surface area contributed by atoms with Crippen molar-refractivity contribution >= 4 is 34.1 Å². The number of alkyl halides is 3. The quantitative estimate of drug-likeness (QED) is 0.555. The molecule has 35 heavy (non-hydrogen) atoms. The Morgan fingerprint density at radius 2 is 1.97 bits per heavy atom. The van der Waals surface area contributed by atoms with Crippen LogP contribution in [-0.2, 0) is 11.3 Å². The van der Waals surface area contributed by atoms with Gasteiger partial charge < -0.3 is 15.5 Å². The van der Waals surface area contributed by atoms with Crippen LogP contribution in [0.3, 0.4) is 0 Å². The summed E-state index contributed by atoms with van der Waals surface area (Å²) >= 11 is 0. The third-order valence-electron chi connectivity index (χ3n) is 5.69. The standard InChI is InChI=1S/C23H22F4N6O2/c1-31(13-23(25,26)27)20(34)12-33-18-5-3-2-4-15(18)21(30-33)14-6-8-32(9-7-14)22(35)16-10-19(28)29-11-17(16)24/h2-6,10-11H,7-9,12-13H2,1H3,(H2,28,29). The highest BCUT2D eigenvalue weighted by Gasteiger charge is 2.31. The van der Waals surface area contributed by atoms with Gasteiger partial charge in [-0.3, -0.25) is 14.3 Å². The Morgan fingerprint density at radius 1 is 1.23 bits per heavy atom. The molecule has 2 N–H and O–H groups in total. The Kier molecular flexibility index (Phi) is 6.46. The number of carbonyl (C=O) groups is 2. The van der Waals surface area contributed by atoms with Gasteiger partial charge in [0.2, 0.25) is 5.91 Å². The zero-order valence-corrected chi connectivity index (χ0v) is 18.7. The Morgan fingerprint density at radius 3 is 2.66 bits per heavy atom. The lowest BCUT2D eigenvalue weighted by Crippen LogP contribution is -2.37. The van der Waals surface area contributed by atoms with Crippen LogP contribution in [0.5, 0.6) is 0 Å². The van der Waals surface area contributed by atoms with Crippen molar-refractivity contribution in [3.63, 3.8) is 0 Å². The summed E-state index contributed by atoms with van der Waals surface area (Å²) in [4.78, 5) is 30.8. The second kappa shape index (κ2) is 9.35. The zero-order valence-electron chi connectivity index (χ0n) is 18.7. The van der Waals surface area contributed by atoms with E-state index in [4.69, 9.17) is 5.73 Å². The molecule has 2 amide bonds. The Balaban J connectivity index is 1.56. The highest BCUT2D eigenvalue weighted by atomic mass is 19.4. The van der Waals surface area contributed by atoms with Gasteiger partial charge in [0.05, 0.1) is 23.0 Å². The SMILES string of the molecule is CN(CC(F)(F)F)C(=O)Cn1nc(C2=CCN(C(=O)c3cc(N)ncc3F)CC2)c2ccccc21. The number of para-hydroxylation sites is 1. The summed E-state index contributed by atoms with van der Waals surface area (Å²) in [5, 5.41) is 5.25. The average Bonchev–Trinajstić information content (AvgIpc) is 3.17. The molecule has 4 rings (SSSR count). The van der Waals surface area contributed by atoms with Crippen LogP contribution in [0.25, 0.3) is 16.5 Å². The fourth-order valence-corrected chi connectivity index (χ4v) is 3.95. The van der Waals surface area contributed by atoms with Crippen molar-refractivity contribution in [2.75, 3.05) is 32.4 Å². The van der Waals surface area contributed by atoms with E-state index in [-0.39, 0.29) is 24.5 Å². The van der Waals surface area contributed by atoms with Gasteiger partial charge in [0.1, 0.15) is 18.9 Å². The number of nitrogen functional groups attached to an aromatic ring is 1. The van der Waals surface area contributed by atoms with Gasteiger partial charge in [-0.25, -0.2) is 9.37 Å². The van der Waals surface area contributed by atoms with E-state index in [1.807, 2.05) is 6.07 Å². The molecule has 0 radical (unpaired) electrons. The number of anilines is 1. The third-order valence-corrected chi connectivity index (χ3v) is 5.69. The number of nitrogens with two attached hydrogens (primary N) is 1. The number of halogens is 4. The molecule has 8 nitrogen and oxygen atoms in total. The molecular weight excluding hydrogens is 468 g/mol. The smallest absolute Gasteiger partial charge is 0.384 e. The van der Waals surface area contributed by atoms with E-state index >= 15 is 0 Å². The first kappa shape index (κ1) is 24.2. The van der Waals surface area contributed by atoms with Crippen molar-refractivity contribution in [1.82, 2.24) is 24.6 Å². The van der Waals surface area contributed by atoms with Crippen molar-refractivity contribution < 1.29 is 27.2 Å². The number of rotatable bonds is 5. The average molecular weight is 490 g/mol. The monoisotopic (exact) mass is 490 g/mol. The van der Waals surface area contributed by atoms with Gasteiger partial charge >= 0.3 is 6.18 Å². The van der Waals surface area contributed by atoms with Gasteiger partial charge in [-0.1, -0.05) is 24.3 Å². The number of benzene rings is 1. The van der Waals surface area contributed by atoms with E-state index in [9.17, 15) is 27.2 Å². The number of amides is 2. The van der Waals surface area contributed by atoms with E-state index in [1.54, 1.807) is 24.3 Å². The highest BCUT2D eigenvalue weighted by Crippen LogP contribution is 2.29. The van der Waals surface area contributed by atoms with Crippen LogP contribution in [0.1, 0.15) is 22.5 Å². The summed E-state index contributed by atoms with van der Waals surface area (Å²) in [5.41, 5.74) is 7.41. The van der Waals surface area contributed by atoms with Crippen LogP contribution in [0.15, 0.2) is 42.6 Å². The summed E-state index contributed by atoms with van der Waals surface area (Å²) in [6, 6.07) is 8.28. The predicted molar refractivity (Wildman–Crippen MR) is 121 cm³/mol. The topological polar surface area (TPSA) is 97.4 Å². The molecule has 0 bridgehead atoms. The molecule has 0 fully saturated rings. The normalized spacial score (nSPS) is 14.2. The molecule has 1 aromatic carbocycles. The fraction of sp³-hybridized carbons (Fsp3) is 0.304. The van der Waals surface area contributed by atoms with Crippen LogP contribution < -0.4 is 5.73 Å². The van der Waals surface area contributed by atoms with Crippen LogP contribution in [0, 0.1) is 5.82 Å². The van der Waals surface area contributed by atoms with Gasteiger partial charge in [-0.2, -0.15) is 18.3 Å². The molecule has 0 atom stereocenters. The first-order valence-electron chi connectivity index (χ1n) is 10.7. The van der Waals surface area contributed by atoms with E-state index in [0.29, 0.717) is 29.1 Å². The number of hydrogen-bond donors (Lipinski definition) is 1. The minimum atomic E-state index is -4.50. The summed E-state index contributed by atoms with van der Waals surface area (Å²) in [6.07, 6.45) is -1.39. The molecule has 0 saturated carbocycles. The van der Waals surface area contributed by atoms with Crippen LogP contribution in [-0.4, -0.2) is 69.2 Å². The number of nitrogens with zero attached hydrogens (tertiary/aromatic N) is 5. The van der Waals surface area contributed by atoms with Gasteiger partial charge in [0.15, 0.2) is 5.82 Å². The summed E-state index contributed by atoms with van der Waals surface area (Å²) in [6.45, 7) is -1.21. The maximum absolute atomic E-state index is 14.1. The Labute approximate surface area is 197 Å². The molecule has 0 saturated heterocycles. The van der Waals surface area contributed by atoms with Crippen molar-refractivity contribution in [3.8, 4) is 0 Å². The molecule has 1 aliphatic heterocycles. The maximum atomic E-state index is 14.1. The predicted octanol–water partition coefficient (Wildman–Crippen LogP) is 3.10. The molecule has 2 aromatic heterocycles. The third kappa shape index (κ3) is 5.26. The maximum Gasteiger partial charge on any atom is 0.406 e. The number of hydrogen-bond acceptors (Lipinski definition) is 5. The van der Waals surface area contributed by atoms with Crippen molar-refractivity contribution in [1.29, 1.82) is 0 Å². The lowest BCUT2D eigenvalue weighted by molar-refractivity contribution is -0.158. The first-order valence-corrected chi connectivity index (χ1v) is 10.7.